The van der Waals surface area contributed by atoms with Gasteiger partial charge in [0.15, 0.2) is 5.16 Å². The number of aliphatic carboxylic acids is 1. The number of carboxylic acids is 1. The molecule has 0 unspecified atom stereocenters. The summed E-state index contributed by atoms with van der Waals surface area (Å²) in [7, 11) is 0. The Bertz CT molecular complexity index is 588. The highest BCUT2D eigenvalue weighted by Crippen LogP contribution is 2.28. The Balaban J connectivity index is 2.33. The van der Waals surface area contributed by atoms with Gasteiger partial charge in [0.25, 0.3) is 0 Å². The third kappa shape index (κ3) is 3.12. The van der Waals surface area contributed by atoms with Crippen LogP contribution in [-0.4, -0.2) is 31.6 Å². The van der Waals surface area contributed by atoms with Crippen LogP contribution in [0.5, 0.6) is 0 Å². The summed E-state index contributed by atoms with van der Waals surface area (Å²) in [6.07, 6.45) is 1.55. The van der Waals surface area contributed by atoms with Gasteiger partial charge in [0.05, 0.1) is 11.4 Å². The van der Waals surface area contributed by atoms with Crippen molar-refractivity contribution in [1.29, 1.82) is 0 Å². The van der Waals surface area contributed by atoms with E-state index in [9.17, 15) is 4.79 Å². The molecular weight excluding hydrogens is 386 g/mol. The lowest BCUT2D eigenvalue weighted by Gasteiger charge is -2.07. The first kappa shape index (κ1) is 13.6. The van der Waals surface area contributed by atoms with Crippen molar-refractivity contribution in [2.45, 2.75) is 5.16 Å². The van der Waals surface area contributed by atoms with Crippen molar-refractivity contribution in [1.82, 2.24) is 14.8 Å². The van der Waals surface area contributed by atoms with Crippen molar-refractivity contribution in [3.63, 3.8) is 0 Å². The number of carbonyl (C=O) groups is 1. The summed E-state index contributed by atoms with van der Waals surface area (Å²) in [5, 5.41) is 16.9. The third-order valence-corrected chi connectivity index (χ3v) is 4.07. The van der Waals surface area contributed by atoms with Gasteiger partial charge in [-0.15, -0.1) is 10.2 Å². The highest BCUT2D eigenvalue weighted by atomic mass is 79.9. The summed E-state index contributed by atoms with van der Waals surface area (Å²) in [5.74, 6) is -0.934. The van der Waals surface area contributed by atoms with Crippen LogP contribution in [0.1, 0.15) is 0 Å². The Morgan fingerprint density at radius 2 is 2.22 bits per heavy atom. The van der Waals surface area contributed by atoms with Crippen molar-refractivity contribution in [3.05, 3.63) is 33.5 Å². The van der Waals surface area contributed by atoms with E-state index in [1.54, 1.807) is 10.9 Å². The van der Waals surface area contributed by atoms with Gasteiger partial charge in [-0.3, -0.25) is 9.36 Å². The third-order valence-electron chi connectivity index (χ3n) is 2.01. The monoisotopic (exact) mass is 391 g/mol. The molecule has 2 rings (SSSR count). The van der Waals surface area contributed by atoms with Crippen LogP contribution in [0, 0.1) is 0 Å². The molecule has 8 heteroatoms. The lowest BCUT2D eigenvalue weighted by molar-refractivity contribution is -0.133. The Morgan fingerprint density at radius 3 is 2.89 bits per heavy atom. The second kappa shape index (κ2) is 5.85. The van der Waals surface area contributed by atoms with E-state index in [1.807, 2.05) is 18.2 Å². The van der Waals surface area contributed by atoms with Crippen molar-refractivity contribution >= 4 is 49.6 Å². The van der Waals surface area contributed by atoms with E-state index in [2.05, 4.69) is 42.1 Å². The number of thioether (sulfide) groups is 1. The zero-order valence-corrected chi connectivity index (χ0v) is 12.9. The quantitative estimate of drug-likeness (QED) is 0.810. The van der Waals surface area contributed by atoms with Gasteiger partial charge in [-0.25, -0.2) is 0 Å². The fourth-order valence-electron chi connectivity index (χ4n) is 1.29. The molecule has 0 radical (unpaired) electrons. The minimum atomic E-state index is -0.885. The average molecular weight is 393 g/mol. The van der Waals surface area contributed by atoms with Gasteiger partial charge in [0, 0.05) is 8.95 Å². The van der Waals surface area contributed by atoms with Gasteiger partial charge < -0.3 is 5.11 Å². The highest BCUT2D eigenvalue weighted by Gasteiger charge is 2.11. The first-order valence-corrected chi connectivity index (χ1v) is 7.35. The predicted molar refractivity (Wildman–Crippen MR) is 75.1 cm³/mol. The number of hydrogen-bond donors (Lipinski definition) is 1. The number of hydrogen-bond acceptors (Lipinski definition) is 4. The number of carboxylic acid groups (broad SMARTS) is 1. The molecule has 0 amide bonds. The number of halogens is 2. The first-order valence-electron chi connectivity index (χ1n) is 4.78. The standard InChI is InChI=1S/C10H7Br2N3O2S/c11-6-1-2-8(7(12)3-6)15-5-13-14-10(15)18-4-9(16)17/h1-3,5H,4H2,(H,16,17). The average Bonchev–Trinajstić information content (AvgIpc) is 2.74. The van der Waals surface area contributed by atoms with Crippen LogP contribution in [0.25, 0.3) is 5.69 Å². The van der Waals surface area contributed by atoms with Crippen molar-refractivity contribution in [3.8, 4) is 5.69 Å². The number of nitrogens with zero attached hydrogens (tertiary/aromatic N) is 3. The molecular formula is C10H7Br2N3O2S. The number of aromatic nitrogens is 3. The van der Waals surface area contributed by atoms with Crippen LogP contribution in [-0.2, 0) is 4.79 Å². The molecule has 1 N–H and O–H groups in total. The van der Waals surface area contributed by atoms with Crippen LogP contribution in [0.3, 0.4) is 0 Å². The van der Waals surface area contributed by atoms with Crippen LogP contribution in [0.15, 0.2) is 38.6 Å². The zero-order chi connectivity index (χ0) is 13.1. The molecule has 0 saturated carbocycles. The van der Waals surface area contributed by atoms with Crippen molar-refractivity contribution in [2.75, 3.05) is 5.75 Å². The van der Waals surface area contributed by atoms with Crippen LogP contribution in [0.4, 0.5) is 0 Å². The van der Waals surface area contributed by atoms with Gasteiger partial charge in [-0.1, -0.05) is 27.7 Å². The zero-order valence-electron chi connectivity index (χ0n) is 8.88. The fraction of sp³-hybridized carbons (Fsp3) is 0.100. The van der Waals surface area contributed by atoms with Crippen molar-refractivity contribution < 1.29 is 9.90 Å². The minimum Gasteiger partial charge on any atom is -0.481 e. The summed E-state index contributed by atoms with van der Waals surface area (Å²) >= 11 is 7.95. The van der Waals surface area contributed by atoms with Gasteiger partial charge in [0.1, 0.15) is 6.33 Å². The SMILES string of the molecule is O=C(O)CSc1nncn1-c1ccc(Br)cc1Br. The van der Waals surface area contributed by atoms with E-state index in [0.717, 1.165) is 26.4 Å². The van der Waals surface area contributed by atoms with Gasteiger partial charge >= 0.3 is 5.97 Å². The van der Waals surface area contributed by atoms with E-state index >= 15 is 0 Å². The second-order valence-electron chi connectivity index (χ2n) is 3.26. The maximum atomic E-state index is 10.6. The van der Waals surface area contributed by atoms with E-state index in [0.29, 0.717) is 5.16 Å². The second-order valence-corrected chi connectivity index (χ2v) is 5.97. The first-order chi connectivity index (χ1) is 8.58. The summed E-state index contributed by atoms with van der Waals surface area (Å²) in [4.78, 5) is 10.6. The lowest BCUT2D eigenvalue weighted by atomic mass is 10.3. The van der Waals surface area contributed by atoms with Crippen molar-refractivity contribution in [2.24, 2.45) is 0 Å². The number of rotatable bonds is 4. The van der Waals surface area contributed by atoms with Gasteiger partial charge in [-0.05, 0) is 34.1 Å². The smallest absolute Gasteiger partial charge is 0.313 e. The normalized spacial score (nSPS) is 10.6. The molecule has 1 aromatic carbocycles. The molecule has 0 saturated heterocycles. The summed E-state index contributed by atoms with van der Waals surface area (Å²) in [6, 6.07) is 5.69. The lowest BCUT2D eigenvalue weighted by Crippen LogP contribution is -2.01. The minimum absolute atomic E-state index is 0.0488. The molecule has 0 fully saturated rings. The van der Waals surface area contributed by atoms with E-state index in [1.165, 1.54) is 0 Å². The molecule has 1 heterocycles. The summed E-state index contributed by atoms with van der Waals surface area (Å²) in [5.41, 5.74) is 0.857. The maximum Gasteiger partial charge on any atom is 0.313 e. The van der Waals surface area contributed by atoms with Gasteiger partial charge in [0.2, 0.25) is 0 Å². The Morgan fingerprint density at radius 1 is 1.44 bits per heavy atom. The molecule has 18 heavy (non-hydrogen) atoms. The topological polar surface area (TPSA) is 68.0 Å². The van der Waals surface area contributed by atoms with E-state index in [-0.39, 0.29) is 5.75 Å². The van der Waals surface area contributed by atoms with E-state index < -0.39 is 5.97 Å². The molecule has 2 aromatic rings. The molecule has 0 spiro atoms. The molecule has 0 aliphatic rings. The molecule has 94 valence electrons. The molecule has 5 nitrogen and oxygen atoms in total. The van der Waals surface area contributed by atoms with Crippen LogP contribution in [0.2, 0.25) is 0 Å². The van der Waals surface area contributed by atoms with Crippen LogP contribution >= 0.6 is 43.6 Å². The molecule has 0 bridgehead atoms. The molecule has 1 aromatic heterocycles. The Kier molecular flexibility index (Phi) is 4.41. The Hall–Kier alpha value is -0.860. The molecule has 0 aliphatic carbocycles. The summed E-state index contributed by atoms with van der Waals surface area (Å²) < 4.78 is 3.56. The highest BCUT2D eigenvalue weighted by molar-refractivity contribution is 9.11. The molecule has 0 atom stereocenters. The van der Waals surface area contributed by atoms with Crippen LogP contribution < -0.4 is 0 Å². The maximum absolute atomic E-state index is 10.6. The largest absolute Gasteiger partial charge is 0.481 e. The Labute approximate surface area is 124 Å². The predicted octanol–water partition coefficient (Wildman–Crippen LogP) is 2.97. The van der Waals surface area contributed by atoms with Gasteiger partial charge in [-0.2, -0.15) is 0 Å². The summed E-state index contributed by atoms with van der Waals surface area (Å²) in [6.45, 7) is 0. The number of benzene rings is 1. The molecule has 0 aliphatic heterocycles. The van der Waals surface area contributed by atoms with E-state index in [4.69, 9.17) is 5.11 Å². The fourth-order valence-corrected chi connectivity index (χ4v) is 3.17.